The zero-order valence-electron chi connectivity index (χ0n) is 20.2. The van der Waals surface area contributed by atoms with Crippen LogP contribution >= 0.6 is 23.8 Å². The third kappa shape index (κ3) is 5.38. The minimum atomic E-state index is -4.77. The zero-order chi connectivity index (χ0) is 27.0. The normalized spacial score (nSPS) is 18.3. The van der Waals surface area contributed by atoms with E-state index in [0.717, 1.165) is 49.8 Å². The van der Waals surface area contributed by atoms with Crippen LogP contribution in [0.1, 0.15) is 25.0 Å². The van der Waals surface area contributed by atoms with Crippen molar-refractivity contribution in [3.63, 3.8) is 0 Å². The molecule has 1 N–H and O–H groups in total. The number of carbonyl (C=O) groups is 1. The maximum absolute atomic E-state index is 13.5. The predicted molar refractivity (Wildman–Crippen MR) is 139 cm³/mol. The summed E-state index contributed by atoms with van der Waals surface area (Å²) >= 11 is 12.1. The number of nitrogens with one attached hydrogen (secondary N) is 1. The molecule has 0 radical (unpaired) electrons. The molecule has 2 fully saturated rings. The molecule has 0 saturated carbocycles. The highest BCUT2D eigenvalue weighted by Gasteiger charge is 2.50. The van der Waals surface area contributed by atoms with Crippen molar-refractivity contribution in [2.24, 2.45) is 0 Å². The number of alkyl halides is 3. The third-order valence-corrected chi connectivity index (χ3v) is 7.06. The van der Waals surface area contributed by atoms with Crippen LogP contribution < -0.4 is 19.9 Å². The summed E-state index contributed by atoms with van der Waals surface area (Å²) < 4.78 is 46.5. The first-order chi connectivity index (χ1) is 17.4. The van der Waals surface area contributed by atoms with Gasteiger partial charge in [0.2, 0.25) is 0 Å². The van der Waals surface area contributed by atoms with Crippen LogP contribution in [-0.2, 0) is 11.0 Å². The Bertz CT molecular complexity index is 1260. The average Bonchev–Trinajstić information content (AvgIpc) is 3.03. The summed E-state index contributed by atoms with van der Waals surface area (Å²) in [6, 6.07) is 9.63. The van der Waals surface area contributed by atoms with Gasteiger partial charge in [-0.2, -0.15) is 18.4 Å². The Kier molecular flexibility index (Phi) is 7.67. The Morgan fingerprint density at radius 3 is 2.46 bits per heavy atom. The Balaban J connectivity index is 1.57. The highest BCUT2D eigenvalue weighted by atomic mass is 35.5. The smallest absolute Gasteiger partial charge is 0.417 e. The van der Waals surface area contributed by atoms with Gasteiger partial charge in [0.15, 0.2) is 5.11 Å². The maximum atomic E-state index is 13.5. The van der Waals surface area contributed by atoms with E-state index in [2.05, 4.69) is 10.2 Å². The standard InChI is InChI=1S/C25H25ClF3N5O2S/c1-24(2)22(35)33(17-4-3-16(15-30)19(13-17)25(27,28)29)23(37)34(24)18-5-6-21(20(26)14-18)36-12-11-32-9-7-31-8-10-32/h3-6,13-14,31H,7-12H2,1-2H3. The molecule has 1 amide bonds. The fourth-order valence-corrected chi connectivity index (χ4v) is 5.18. The van der Waals surface area contributed by atoms with Gasteiger partial charge in [0, 0.05) is 38.4 Å². The first-order valence-electron chi connectivity index (χ1n) is 11.6. The van der Waals surface area contributed by atoms with Crippen molar-refractivity contribution in [3.05, 3.63) is 52.5 Å². The van der Waals surface area contributed by atoms with Crippen molar-refractivity contribution in [1.82, 2.24) is 10.2 Å². The third-order valence-electron chi connectivity index (χ3n) is 6.40. The van der Waals surface area contributed by atoms with Crippen molar-refractivity contribution >= 4 is 46.2 Å². The number of anilines is 2. The number of nitrogens with zero attached hydrogens (tertiary/aromatic N) is 4. The summed E-state index contributed by atoms with van der Waals surface area (Å²) in [6.45, 7) is 8.25. The van der Waals surface area contributed by atoms with Gasteiger partial charge in [-0.25, -0.2) is 0 Å². The molecule has 2 saturated heterocycles. The molecule has 7 nitrogen and oxygen atoms in total. The van der Waals surface area contributed by atoms with E-state index in [0.29, 0.717) is 23.1 Å². The molecule has 2 heterocycles. The maximum Gasteiger partial charge on any atom is 0.417 e. The van der Waals surface area contributed by atoms with Gasteiger partial charge >= 0.3 is 6.18 Å². The number of ether oxygens (including phenoxy) is 1. The Morgan fingerprint density at radius 1 is 1.16 bits per heavy atom. The average molecular weight is 552 g/mol. The fraction of sp³-hybridized carbons (Fsp3) is 0.400. The Hall–Kier alpha value is -2.91. The molecule has 2 aromatic rings. The summed E-state index contributed by atoms with van der Waals surface area (Å²) in [5, 5.41) is 12.7. The monoisotopic (exact) mass is 551 g/mol. The fourth-order valence-electron chi connectivity index (χ4n) is 4.42. The van der Waals surface area contributed by atoms with Crippen LogP contribution in [0.5, 0.6) is 5.75 Å². The van der Waals surface area contributed by atoms with Gasteiger partial charge in [0.1, 0.15) is 17.9 Å². The van der Waals surface area contributed by atoms with E-state index in [1.807, 2.05) is 0 Å². The lowest BCUT2D eigenvalue weighted by Gasteiger charge is -2.30. The number of benzene rings is 2. The lowest BCUT2D eigenvalue weighted by atomic mass is 10.0. The molecule has 0 spiro atoms. The van der Waals surface area contributed by atoms with Gasteiger partial charge in [0.05, 0.1) is 27.9 Å². The summed E-state index contributed by atoms with van der Waals surface area (Å²) in [4.78, 5) is 18.3. The van der Waals surface area contributed by atoms with Crippen molar-refractivity contribution in [1.29, 1.82) is 5.26 Å². The number of piperazine rings is 1. The number of hydrogen-bond acceptors (Lipinski definition) is 6. The van der Waals surface area contributed by atoms with Crippen LogP contribution in [0.2, 0.25) is 5.02 Å². The second-order valence-corrected chi connectivity index (χ2v) is 9.98. The van der Waals surface area contributed by atoms with Crippen LogP contribution in [0.15, 0.2) is 36.4 Å². The molecule has 0 aliphatic carbocycles. The number of nitriles is 1. The summed E-state index contributed by atoms with van der Waals surface area (Å²) in [5.74, 6) is -0.0311. The second kappa shape index (κ2) is 10.5. The van der Waals surface area contributed by atoms with Gasteiger partial charge in [-0.05, 0) is 62.5 Å². The van der Waals surface area contributed by atoms with E-state index in [1.165, 1.54) is 12.1 Å². The Labute approximate surface area is 223 Å². The van der Waals surface area contributed by atoms with E-state index in [-0.39, 0.29) is 10.8 Å². The molecule has 0 aromatic heterocycles. The first kappa shape index (κ1) is 27.1. The molecule has 2 aliphatic heterocycles. The molecule has 4 rings (SSSR count). The number of halogens is 4. The molecule has 196 valence electrons. The minimum absolute atomic E-state index is 0.00345. The van der Waals surface area contributed by atoms with E-state index < -0.39 is 28.7 Å². The predicted octanol–water partition coefficient (Wildman–Crippen LogP) is 4.43. The van der Waals surface area contributed by atoms with Crippen LogP contribution in [0.3, 0.4) is 0 Å². The molecule has 0 atom stereocenters. The molecular weight excluding hydrogens is 527 g/mol. The lowest BCUT2D eigenvalue weighted by Crippen LogP contribution is -2.44. The van der Waals surface area contributed by atoms with Crippen molar-refractivity contribution < 1.29 is 22.7 Å². The van der Waals surface area contributed by atoms with E-state index in [9.17, 15) is 18.0 Å². The summed E-state index contributed by atoms with van der Waals surface area (Å²) in [6.07, 6.45) is -4.77. The SMILES string of the molecule is CC1(C)C(=O)N(c2ccc(C#N)c(C(F)(F)F)c2)C(=S)N1c1ccc(OCCN2CCNCC2)c(Cl)c1. The van der Waals surface area contributed by atoms with Crippen molar-refractivity contribution in [3.8, 4) is 11.8 Å². The van der Waals surface area contributed by atoms with E-state index in [4.69, 9.17) is 33.8 Å². The molecule has 2 aromatic carbocycles. The van der Waals surface area contributed by atoms with Crippen molar-refractivity contribution in [2.75, 3.05) is 49.1 Å². The van der Waals surface area contributed by atoms with E-state index >= 15 is 0 Å². The summed E-state index contributed by atoms with van der Waals surface area (Å²) in [5.41, 5.74) is -2.46. The van der Waals surface area contributed by atoms with E-state index in [1.54, 1.807) is 36.9 Å². The van der Waals surface area contributed by atoms with Crippen LogP contribution in [0.25, 0.3) is 0 Å². The molecule has 2 aliphatic rings. The number of carbonyl (C=O) groups excluding carboxylic acids is 1. The molecule has 0 unspecified atom stereocenters. The highest BCUT2D eigenvalue weighted by molar-refractivity contribution is 7.81. The molecule has 12 heteroatoms. The number of amides is 1. The highest BCUT2D eigenvalue weighted by Crippen LogP contribution is 2.41. The van der Waals surface area contributed by atoms with Gasteiger partial charge in [-0.1, -0.05) is 11.6 Å². The quantitative estimate of drug-likeness (QED) is 0.533. The number of rotatable bonds is 6. The van der Waals surface area contributed by atoms with Crippen LogP contribution in [0, 0.1) is 11.3 Å². The second-order valence-electron chi connectivity index (χ2n) is 9.21. The topological polar surface area (TPSA) is 71.8 Å². The number of hydrogen-bond donors (Lipinski definition) is 1. The molecule has 0 bridgehead atoms. The zero-order valence-corrected chi connectivity index (χ0v) is 21.8. The van der Waals surface area contributed by atoms with Gasteiger partial charge in [-0.15, -0.1) is 0 Å². The molecular formula is C25H25ClF3N5O2S. The largest absolute Gasteiger partial charge is 0.491 e. The number of thiocarbonyl (C=S) groups is 1. The van der Waals surface area contributed by atoms with Gasteiger partial charge < -0.3 is 15.0 Å². The summed E-state index contributed by atoms with van der Waals surface area (Å²) in [7, 11) is 0. The molecule has 37 heavy (non-hydrogen) atoms. The van der Waals surface area contributed by atoms with Gasteiger partial charge in [0.25, 0.3) is 5.91 Å². The van der Waals surface area contributed by atoms with Gasteiger partial charge in [-0.3, -0.25) is 14.6 Å². The van der Waals surface area contributed by atoms with Crippen LogP contribution in [0.4, 0.5) is 24.5 Å². The van der Waals surface area contributed by atoms with Crippen LogP contribution in [-0.4, -0.2) is 60.8 Å². The first-order valence-corrected chi connectivity index (χ1v) is 12.4. The van der Waals surface area contributed by atoms with Crippen molar-refractivity contribution in [2.45, 2.75) is 25.6 Å². The lowest BCUT2D eigenvalue weighted by molar-refractivity contribution is -0.137. The Morgan fingerprint density at radius 2 is 1.84 bits per heavy atom. The minimum Gasteiger partial charge on any atom is -0.491 e.